The fraction of sp³-hybridized carbons (Fsp3) is 0.286. The van der Waals surface area contributed by atoms with Gasteiger partial charge in [0.1, 0.15) is 5.75 Å². The van der Waals surface area contributed by atoms with Crippen molar-refractivity contribution in [2.24, 2.45) is 0 Å². The van der Waals surface area contributed by atoms with Crippen molar-refractivity contribution < 1.29 is 4.74 Å². The third-order valence-corrected chi connectivity index (χ3v) is 5.06. The number of nitrogens with one attached hydrogen (secondary N) is 1. The smallest absolute Gasteiger partial charge is 0.120 e. The van der Waals surface area contributed by atoms with Crippen molar-refractivity contribution >= 4 is 43.2 Å². The van der Waals surface area contributed by atoms with Gasteiger partial charge in [-0.05, 0) is 57.2 Å². The molecule has 0 fully saturated rings. The molecule has 0 bridgehead atoms. The number of benzene rings is 1. The molecule has 1 unspecified atom stereocenters. The summed E-state index contributed by atoms with van der Waals surface area (Å²) >= 11 is 8.86. The normalized spacial score (nSPS) is 12.4. The van der Waals surface area contributed by atoms with E-state index in [0.29, 0.717) is 0 Å². The molecule has 0 saturated carbocycles. The highest BCUT2D eigenvalue weighted by Gasteiger charge is 2.17. The van der Waals surface area contributed by atoms with E-state index in [4.69, 9.17) is 4.74 Å². The molecule has 0 spiro atoms. The summed E-state index contributed by atoms with van der Waals surface area (Å²) in [4.78, 5) is 0. The van der Waals surface area contributed by atoms with Crippen LogP contribution in [0.4, 0.5) is 0 Å². The Balaban J connectivity index is 2.39. The third-order valence-electron chi connectivity index (χ3n) is 2.85. The van der Waals surface area contributed by atoms with Crippen LogP contribution in [-0.2, 0) is 0 Å². The van der Waals surface area contributed by atoms with Crippen LogP contribution in [-0.4, -0.2) is 13.7 Å². The van der Waals surface area contributed by atoms with Gasteiger partial charge >= 0.3 is 0 Å². The second kappa shape index (κ2) is 6.88. The van der Waals surface area contributed by atoms with Crippen LogP contribution < -0.4 is 10.1 Å². The summed E-state index contributed by atoms with van der Waals surface area (Å²) < 4.78 is 7.45. The lowest BCUT2D eigenvalue weighted by atomic mass is 10.0. The molecule has 0 aliphatic rings. The number of halogens is 2. The van der Waals surface area contributed by atoms with E-state index in [-0.39, 0.29) is 6.04 Å². The molecule has 0 aliphatic heterocycles. The maximum absolute atomic E-state index is 5.24. The van der Waals surface area contributed by atoms with Gasteiger partial charge in [-0.25, -0.2) is 0 Å². The second-order valence-electron chi connectivity index (χ2n) is 4.06. The van der Waals surface area contributed by atoms with E-state index in [0.717, 1.165) is 20.6 Å². The van der Waals surface area contributed by atoms with Crippen LogP contribution in [0.15, 0.2) is 37.9 Å². The van der Waals surface area contributed by atoms with Crippen molar-refractivity contribution in [1.82, 2.24) is 5.32 Å². The Hall–Kier alpha value is -0.360. The summed E-state index contributed by atoms with van der Waals surface area (Å²) in [6.07, 6.45) is 0. The summed E-state index contributed by atoms with van der Waals surface area (Å²) in [5.41, 5.74) is 2.48. The maximum atomic E-state index is 5.24. The quantitative estimate of drug-likeness (QED) is 0.758. The zero-order chi connectivity index (χ0) is 13.8. The second-order valence-corrected chi connectivity index (χ2v) is 7.21. The summed E-state index contributed by atoms with van der Waals surface area (Å²) in [6, 6.07) is 8.44. The molecule has 2 aromatic rings. The lowest BCUT2D eigenvalue weighted by molar-refractivity contribution is 0.414. The zero-order valence-corrected chi connectivity index (χ0v) is 14.7. The minimum atomic E-state index is 0.188. The molecule has 1 aromatic heterocycles. The lowest BCUT2D eigenvalue weighted by Crippen LogP contribution is -2.21. The molecule has 102 valence electrons. The van der Waals surface area contributed by atoms with E-state index in [1.165, 1.54) is 11.1 Å². The standard InChI is InChI=1S/C14H15Br2NOS/c1-3-17-14(9-6-13(16)19-8-9)11-5-4-10(18-2)7-12(11)15/h4-8,14,17H,3H2,1-2H3. The molecular formula is C14H15Br2NOS. The first-order valence-electron chi connectivity index (χ1n) is 5.96. The highest BCUT2D eigenvalue weighted by Crippen LogP contribution is 2.34. The molecule has 1 N–H and O–H groups in total. The number of thiophene rings is 1. The molecule has 0 aliphatic carbocycles. The molecule has 1 aromatic carbocycles. The Morgan fingerprint density at radius 2 is 2.11 bits per heavy atom. The van der Waals surface area contributed by atoms with Gasteiger partial charge in [0.25, 0.3) is 0 Å². The molecule has 0 radical (unpaired) electrons. The van der Waals surface area contributed by atoms with Crippen LogP contribution in [0.25, 0.3) is 0 Å². The molecule has 0 saturated heterocycles. The van der Waals surface area contributed by atoms with Crippen molar-refractivity contribution in [3.05, 3.63) is 49.0 Å². The van der Waals surface area contributed by atoms with Crippen molar-refractivity contribution in [2.75, 3.05) is 13.7 Å². The topological polar surface area (TPSA) is 21.3 Å². The van der Waals surface area contributed by atoms with Gasteiger partial charge in [0.05, 0.1) is 16.9 Å². The summed E-state index contributed by atoms with van der Waals surface area (Å²) in [5, 5.41) is 5.70. The number of hydrogen-bond donors (Lipinski definition) is 1. The van der Waals surface area contributed by atoms with Gasteiger partial charge in [0, 0.05) is 4.47 Å². The average molecular weight is 405 g/mol. The maximum Gasteiger partial charge on any atom is 0.120 e. The number of hydrogen-bond acceptors (Lipinski definition) is 3. The first-order valence-corrected chi connectivity index (χ1v) is 8.43. The average Bonchev–Trinajstić information content (AvgIpc) is 2.83. The van der Waals surface area contributed by atoms with Crippen molar-refractivity contribution in [1.29, 1.82) is 0 Å². The zero-order valence-electron chi connectivity index (χ0n) is 10.7. The molecule has 2 rings (SSSR count). The number of ether oxygens (including phenoxy) is 1. The molecule has 1 atom stereocenters. The molecule has 5 heteroatoms. The van der Waals surface area contributed by atoms with E-state index in [9.17, 15) is 0 Å². The molecular weight excluding hydrogens is 390 g/mol. The summed E-state index contributed by atoms with van der Waals surface area (Å²) in [5.74, 6) is 0.859. The third kappa shape index (κ3) is 3.60. The fourth-order valence-electron chi connectivity index (χ4n) is 1.96. The van der Waals surface area contributed by atoms with Crippen LogP contribution >= 0.6 is 43.2 Å². The van der Waals surface area contributed by atoms with Gasteiger partial charge in [-0.2, -0.15) is 0 Å². The van der Waals surface area contributed by atoms with Crippen molar-refractivity contribution in [3.63, 3.8) is 0 Å². The largest absolute Gasteiger partial charge is 0.497 e. The Kier molecular flexibility index (Phi) is 5.45. The van der Waals surface area contributed by atoms with Gasteiger partial charge in [0.2, 0.25) is 0 Å². The van der Waals surface area contributed by atoms with E-state index in [1.54, 1.807) is 18.4 Å². The first kappa shape index (κ1) is 15.0. The Labute approximate surface area is 134 Å². The van der Waals surface area contributed by atoms with Crippen LogP contribution in [0.5, 0.6) is 5.75 Å². The van der Waals surface area contributed by atoms with Gasteiger partial charge in [-0.3, -0.25) is 0 Å². The predicted octanol–water partition coefficient (Wildman–Crippen LogP) is 4.98. The van der Waals surface area contributed by atoms with Crippen molar-refractivity contribution in [2.45, 2.75) is 13.0 Å². The van der Waals surface area contributed by atoms with E-state index >= 15 is 0 Å². The van der Waals surface area contributed by atoms with E-state index < -0.39 is 0 Å². The minimum absolute atomic E-state index is 0.188. The Bertz CT molecular complexity index is 556. The molecule has 0 amide bonds. The minimum Gasteiger partial charge on any atom is -0.497 e. The Morgan fingerprint density at radius 3 is 2.63 bits per heavy atom. The van der Waals surface area contributed by atoms with Crippen LogP contribution in [0.3, 0.4) is 0 Å². The SMILES string of the molecule is CCNC(c1csc(Br)c1)c1ccc(OC)cc1Br. The highest BCUT2D eigenvalue weighted by atomic mass is 79.9. The van der Waals surface area contributed by atoms with Crippen LogP contribution in [0, 0.1) is 0 Å². The van der Waals surface area contributed by atoms with Gasteiger partial charge in [0.15, 0.2) is 0 Å². The monoisotopic (exact) mass is 403 g/mol. The van der Waals surface area contributed by atoms with Crippen molar-refractivity contribution in [3.8, 4) is 5.75 Å². The van der Waals surface area contributed by atoms with Gasteiger partial charge in [-0.1, -0.05) is 28.9 Å². The summed E-state index contributed by atoms with van der Waals surface area (Å²) in [6.45, 7) is 3.03. The summed E-state index contributed by atoms with van der Waals surface area (Å²) in [7, 11) is 1.68. The Morgan fingerprint density at radius 1 is 1.32 bits per heavy atom. The number of rotatable bonds is 5. The van der Waals surface area contributed by atoms with Crippen LogP contribution in [0.1, 0.15) is 24.1 Å². The van der Waals surface area contributed by atoms with E-state index in [2.05, 4.69) is 61.6 Å². The highest BCUT2D eigenvalue weighted by molar-refractivity contribution is 9.11. The molecule has 2 nitrogen and oxygen atoms in total. The molecule has 1 heterocycles. The molecule has 19 heavy (non-hydrogen) atoms. The van der Waals surface area contributed by atoms with Crippen LogP contribution in [0.2, 0.25) is 0 Å². The first-order chi connectivity index (χ1) is 9.15. The number of methoxy groups -OCH3 is 1. The lowest BCUT2D eigenvalue weighted by Gasteiger charge is -2.19. The predicted molar refractivity (Wildman–Crippen MR) is 88.2 cm³/mol. The van der Waals surface area contributed by atoms with E-state index in [1.807, 2.05) is 12.1 Å². The fourth-order valence-corrected chi connectivity index (χ4v) is 3.74. The van der Waals surface area contributed by atoms with Gasteiger partial charge in [-0.15, -0.1) is 11.3 Å². The van der Waals surface area contributed by atoms with Gasteiger partial charge < -0.3 is 10.1 Å².